The first-order chi connectivity index (χ1) is 13.5. The second-order valence-corrected chi connectivity index (χ2v) is 7.56. The van der Waals surface area contributed by atoms with Gasteiger partial charge in [0, 0.05) is 23.8 Å². The molecular weight excluding hydrogens is 424 g/mol. The van der Waals surface area contributed by atoms with Crippen LogP contribution < -0.4 is 15.0 Å². The fourth-order valence-electron chi connectivity index (χ4n) is 3.13. The Morgan fingerprint density at radius 2 is 2.07 bits per heavy atom. The molecule has 1 heterocycles. The van der Waals surface area contributed by atoms with Gasteiger partial charge in [-0.3, -0.25) is 9.59 Å². The lowest BCUT2D eigenvalue weighted by atomic mass is 10.1. The van der Waals surface area contributed by atoms with Crippen LogP contribution >= 0.6 is 15.9 Å². The molecule has 28 heavy (non-hydrogen) atoms. The Labute approximate surface area is 172 Å². The Kier molecular flexibility index (Phi) is 6.70. The number of rotatable bonds is 7. The van der Waals surface area contributed by atoms with Gasteiger partial charge in [0.15, 0.2) is 0 Å². The van der Waals surface area contributed by atoms with Crippen molar-refractivity contribution in [2.24, 2.45) is 5.92 Å². The van der Waals surface area contributed by atoms with Crippen LogP contribution in [-0.4, -0.2) is 38.7 Å². The number of carbonyl (C=O) groups excluding carboxylic acids is 2. The summed E-state index contributed by atoms with van der Waals surface area (Å²) in [5, 5.41) is 2.86. The van der Waals surface area contributed by atoms with Gasteiger partial charge in [-0.15, -0.1) is 0 Å². The highest BCUT2D eigenvalue weighted by molar-refractivity contribution is 9.10. The lowest BCUT2D eigenvalue weighted by Crippen LogP contribution is -2.33. The van der Waals surface area contributed by atoms with Gasteiger partial charge in [-0.2, -0.15) is 0 Å². The summed E-state index contributed by atoms with van der Waals surface area (Å²) >= 11 is 3.42. The van der Waals surface area contributed by atoms with Gasteiger partial charge in [-0.1, -0.05) is 28.1 Å². The van der Waals surface area contributed by atoms with Crippen molar-refractivity contribution >= 4 is 39.1 Å². The normalized spacial score (nSPS) is 16.3. The van der Waals surface area contributed by atoms with Crippen LogP contribution in [0.3, 0.4) is 0 Å². The molecule has 1 atom stereocenters. The summed E-state index contributed by atoms with van der Waals surface area (Å²) in [5.41, 5.74) is 2.36. The summed E-state index contributed by atoms with van der Waals surface area (Å²) in [6.07, 6.45) is 0.475. The molecule has 0 saturated carbocycles. The zero-order chi connectivity index (χ0) is 20.1. The van der Waals surface area contributed by atoms with Crippen LogP contribution in [0.25, 0.3) is 0 Å². The number of benzene rings is 2. The number of carbonyl (C=O) groups is 2. The first-order valence-corrected chi connectivity index (χ1v) is 9.89. The molecule has 148 valence electrons. The standard InChI is InChI=1S/C21H23BrN2O4/c1-14-6-7-18(19(12-14)28-11-10-27-2)23-20(25)17-8-9-24(21(17)26)16-5-3-4-15(22)13-16/h3-7,12-13,17H,8-11H2,1-2H3,(H,23,25). The zero-order valence-electron chi connectivity index (χ0n) is 15.9. The Morgan fingerprint density at radius 3 is 2.82 bits per heavy atom. The highest BCUT2D eigenvalue weighted by atomic mass is 79.9. The number of nitrogens with zero attached hydrogens (tertiary/aromatic N) is 1. The molecule has 3 rings (SSSR count). The number of nitrogens with one attached hydrogen (secondary N) is 1. The van der Waals surface area contributed by atoms with Gasteiger partial charge in [0.2, 0.25) is 11.8 Å². The van der Waals surface area contributed by atoms with Crippen LogP contribution in [0.1, 0.15) is 12.0 Å². The van der Waals surface area contributed by atoms with E-state index in [4.69, 9.17) is 9.47 Å². The molecule has 2 amide bonds. The fraction of sp³-hybridized carbons (Fsp3) is 0.333. The first kappa shape index (κ1) is 20.4. The van der Waals surface area contributed by atoms with Crippen molar-refractivity contribution in [3.05, 3.63) is 52.5 Å². The van der Waals surface area contributed by atoms with E-state index in [1.165, 1.54) is 0 Å². The predicted molar refractivity (Wildman–Crippen MR) is 112 cm³/mol. The van der Waals surface area contributed by atoms with Gasteiger partial charge in [0.1, 0.15) is 18.3 Å². The van der Waals surface area contributed by atoms with Crippen LogP contribution in [0.2, 0.25) is 0 Å². The van der Waals surface area contributed by atoms with Crippen LogP contribution in [0.5, 0.6) is 5.75 Å². The van der Waals surface area contributed by atoms with Crippen molar-refractivity contribution in [3.8, 4) is 5.75 Å². The maximum atomic E-state index is 12.8. The zero-order valence-corrected chi connectivity index (χ0v) is 17.5. The molecule has 1 unspecified atom stereocenters. The molecule has 2 aromatic rings. The number of anilines is 2. The van der Waals surface area contributed by atoms with Gasteiger partial charge in [-0.25, -0.2) is 0 Å². The Hall–Kier alpha value is -2.38. The van der Waals surface area contributed by atoms with E-state index in [2.05, 4.69) is 21.2 Å². The number of halogens is 1. The van der Waals surface area contributed by atoms with Crippen molar-refractivity contribution in [1.82, 2.24) is 0 Å². The number of hydrogen-bond donors (Lipinski definition) is 1. The molecule has 0 bridgehead atoms. The third-order valence-corrected chi connectivity index (χ3v) is 5.08. The Morgan fingerprint density at radius 1 is 1.25 bits per heavy atom. The molecule has 0 radical (unpaired) electrons. The maximum absolute atomic E-state index is 12.8. The van der Waals surface area contributed by atoms with Crippen molar-refractivity contribution in [3.63, 3.8) is 0 Å². The number of hydrogen-bond acceptors (Lipinski definition) is 4. The lowest BCUT2D eigenvalue weighted by Gasteiger charge is -2.18. The van der Waals surface area contributed by atoms with Gasteiger partial charge < -0.3 is 19.7 Å². The Bertz CT molecular complexity index is 871. The van der Waals surface area contributed by atoms with Crippen molar-refractivity contribution in [2.75, 3.05) is 37.1 Å². The topological polar surface area (TPSA) is 67.9 Å². The van der Waals surface area contributed by atoms with E-state index < -0.39 is 5.92 Å². The van der Waals surface area contributed by atoms with Crippen molar-refractivity contribution in [2.45, 2.75) is 13.3 Å². The largest absolute Gasteiger partial charge is 0.489 e. The summed E-state index contributed by atoms with van der Waals surface area (Å²) in [6, 6.07) is 13.1. The molecule has 0 aliphatic carbocycles. The van der Waals surface area contributed by atoms with Crippen molar-refractivity contribution in [1.29, 1.82) is 0 Å². The molecule has 1 aliphatic rings. The Balaban J connectivity index is 1.71. The highest BCUT2D eigenvalue weighted by Crippen LogP contribution is 2.30. The van der Waals surface area contributed by atoms with Crippen LogP contribution in [0.15, 0.2) is 46.9 Å². The monoisotopic (exact) mass is 446 g/mol. The van der Waals surface area contributed by atoms with Crippen LogP contribution in [0, 0.1) is 12.8 Å². The minimum Gasteiger partial charge on any atom is -0.489 e. The maximum Gasteiger partial charge on any atom is 0.239 e. The summed E-state index contributed by atoms with van der Waals surface area (Å²) in [4.78, 5) is 27.2. The number of methoxy groups -OCH3 is 1. The SMILES string of the molecule is COCCOc1cc(C)ccc1NC(=O)C1CCN(c2cccc(Br)c2)C1=O. The highest BCUT2D eigenvalue weighted by Gasteiger charge is 2.37. The molecule has 1 fully saturated rings. The average molecular weight is 447 g/mol. The summed E-state index contributed by atoms with van der Waals surface area (Å²) in [6.45, 7) is 3.29. The van der Waals surface area contributed by atoms with Gasteiger partial charge >= 0.3 is 0 Å². The average Bonchev–Trinajstić information content (AvgIpc) is 3.05. The molecule has 1 aliphatic heterocycles. The molecule has 1 saturated heterocycles. The van der Waals surface area contributed by atoms with E-state index in [-0.39, 0.29) is 11.8 Å². The van der Waals surface area contributed by atoms with Crippen molar-refractivity contribution < 1.29 is 19.1 Å². The molecular formula is C21H23BrN2O4. The number of ether oxygens (including phenoxy) is 2. The van der Waals surface area contributed by atoms with E-state index in [1.807, 2.05) is 43.3 Å². The van der Waals surface area contributed by atoms with E-state index in [9.17, 15) is 9.59 Å². The quantitative estimate of drug-likeness (QED) is 0.519. The minimum atomic E-state index is -0.716. The van der Waals surface area contributed by atoms with Crippen LogP contribution in [-0.2, 0) is 14.3 Å². The van der Waals surface area contributed by atoms with Gasteiger partial charge in [0.05, 0.1) is 12.3 Å². The second-order valence-electron chi connectivity index (χ2n) is 6.64. The molecule has 2 aromatic carbocycles. The molecule has 7 heteroatoms. The predicted octanol–water partition coefficient (Wildman–Crippen LogP) is 3.77. The molecule has 0 spiro atoms. The fourth-order valence-corrected chi connectivity index (χ4v) is 3.52. The summed E-state index contributed by atoms with van der Waals surface area (Å²) in [7, 11) is 1.60. The third-order valence-electron chi connectivity index (χ3n) is 4.58. The first-order valence-electron chi connectivity index (χ1n) is 9.10. The van der Waals surface area contributed by atoms with E-state index >= 15 is 0 Å². The number of aryl methyl sites for hydroxylation is 1. The molecule has 6 nitrogen and oxygen atoms in total. The lowest BCUT2D eigenvalue weighted by molar-refractivity contribution is -0.129. The molecule has 1 N–H and O–H groups in total. The summed E-state index contributed by atoms with van der Waals surface area (Å²) in [5.74, 6) is -0.653. The van der Waals surface area contributed by atoms with E-state index in [0.717, 1.165) is 15.7 Å². The smallest absolute Gasteiger partial charge is 0.239 e. The summed E-state index contributed by atoms with van der Waals surface area (Å²) < 4.78 is 11.6. The van der Waals surface area contributed by atoms with E-state index in [0.29, 0.717) is 37.6 Å². The number of amides is 2. The second kappa shape index (κ2) is 9.21. The van der Waals surface area contributed by atoms with Crippen LogP contribution in [0.4, 0.5) is 11.4 Å². The van der Waals surface area contributed by atoms with Gasteiger partial charge in [0.25, 0.3) is 0 Å². The van der Waals surface area contributed by atoms with E-state index in [1.54, 1.807) is 18.1 Å². The van der Waals surface area contributed by atoms with Gasteiger partial charge in [-0.05, 0) is 49.2 Å². The third kappa shape index (κ3) is 4.72. The minimum absolute atomic E-state index is 0.190. The molecule has 0 aromatic heterocycles.